The molecule has 19 heavy (non-hydrogen) atoms. The van der Waals surface area contributed by atoms with Gasteiger partial charge in [0.25, 0.3) is 0 Å². The molecule has 4 heteroatoms. The highest BCUT2D eigenvalue weighted by atomic mass is 16.6. The maximum absolute atomic E-state index is 11.9. The molecule has 3 atom stereocenters. The smallest absolute Gasteiger partial charge is 0.343 e. The number of hydrogen-bond acceptors (Lipinski definition) is 4. The van der Waals surface area contributed by atoms with E-state index in [1.807, 2.05) is 26.8 Å². The van der Waals surface area contributed by atoms with Crippen LogP contribution in [0.15, 0.2) is 6.07 Å². The summed E-state index contributed by atoms with van der Waals surface area (Å²) in [5.74, 6) is -0.567. The minimum absolute atomic E-state index is 0.0200. The molecule has 0 unspecified atom stereocenters. The first-order valence-electron chi connectivity index (χ1n) is 6.60. The number of phenolic OH excluding ortho intramolecular Hbond substituents is 1. The Labute approximate surface area is 113 Å². The number of hydrogen-bond donors (Lipinski definition) is 2. The number of ether oxygens (including phenoxy) is 1. The average Bonchev–Trinajstić information content (AvgIpc) is 2.72. The van der Waals surface area contributed by atoms with Crippen molar-refractivity contribution in [3.8, 4) is 5.75 Å². The van der Waals surface area contributed by atoms with Crippen LogP contribution in [0.3, 0.4) is 0 Å². The Hall–Kier alpha value is -1.55. The van der Waals surface area contributed by atoms with Crippen molar-refractivity contribution in [2.75, 3.05) is 0 Å². The number of carbonyl (C=O) groups is 1. The number of benzene rings is 1. The molecule has 1 aromatic carbocycles. The van der Waals surface area contributed by atoms with E-state index < -0.39 is 18.2 Å². The van der Waals surface area contributed by atoms with Crippen molar-refractivity contribution in [1.29, 1.82) is 0 Å². The second kappa shape index (κ2) is 4.85. The van der Waals surface area contributed by atoms with Crippen LogP contribution in [0.4, 0.5) is 0 Å². The SMILES string of the molecule is CC[C@@H](C)[C@@H](O)[C@H]1OC(=O)c2c(O)c(C)cc(C)c21. The molecule has 0 amide bonds. The number of phenols is 1. The molecule has 0 saturated heterocycles. The molecule has 104 valence electrons. The molecule has 0 fully saturated rings. The Balaban J connectivity index is 2.53. The Bertz CT molecular complexity index is 521. The topological polar surface area (TPSA) is 66.8 Å². The summed E-state index contributed by atoms with van der Waals surface area (Å²) < 4.78 is 5.28. The molecule has 0 bridgehead atoms. The van der Waals surface area contributed by atoms with Gasteiger partial charge >= 0.3 is 5.97 Å². The summed E-state index contributed by atoms with van der Waals surface area (Å²) in [5, 5.41) is 20.3. The third-order valence-electron chi connectivity index (χ3n) is 4.00. The number of rotatable bonds is 3. The zero-order valence-electron chi connectivity index (χ0n) is 11.7. The quantitative estimate of drug-likeness (QED) is 0.824. The van der Waals surface area contributed by atoms with Crippen LogP contribution in [-0.4, -0.2) is 22.3 Å². The van der Waals surface area contributed by atoms with E-state index in [0.717, 1.165) is 12.0 Å². The summed E-state index contributed by atoms with van der Waals surface area (Å²) in [5.41, 5.74) is 2.35. The average molecular weight is 264 g/mol. The summed E-state index contributed by atoms with van der Waals surface area (Å²) in [6.45, 7) is 7.50. The van der Waals surface area contributed by atoms with Gasteiger partial charge in [-0.1, -0.05) is 26.3 Å². The lowest BCUT2D eigenvalue weighted by atomic mass is 9.88. The summed E-state index contributed by atoms with van der Waals surface area (Å²) in [6.07, 6.45) is -0.637. The molecule has 1 aliphatic heterocycles. The van der Waals surface area contributed by atoms with E-state index in [9.17, 15) is 15.0 Å². The molecule has 4 nitrogen and oxygen atoms in total. The fourth-order valence-corrected chi connectivity index (χ4v) is 2.58. The molecular formula is C15H20O4. The van der Waals surface area contributed by atoms with Gasteiger partial charge in [0.2, 0.25) is 0 Å². The standard InChI is InChI=1S/C15H20O4/c1-5-7(2)13(17)14-10-8(3)6-9(4)12(16)11(10)15(18)19-14/h6-7,13-14,16-17H,5H2,1-4H3/t7-,13-,14+/m1/s1. The first-order chi connectivity index (χ1) is 8.88. The molecule has 1 heterocycles. The van der Waals surface area contributed by atoms with E-state index in [4.69, 9.17) is 4.74 Å². The molecule has 0 aromatic heterocycles. The van der Waals surface area contributed by atoms with Crippen LogP contribution >= 0.6 is 0 Å². The third kappa shape index (κ3) is 2.10. The molecule has 0 saturated carbocycles. The summed E-state index contributed by atoms with van der Waals surface area (Å²) in [6, 6.07) is 1.81. The van der Waals surface area contributed by atoms with Gasteiger partial charge < -0.3 is 14.9 Å². The van der Waals surface area contributed by atoms with Crippen molar-refractivity contribution >= 4 is 5.97 Å². The predicted molar refractivity (Wildman–Crippen MR) is 71.2 cm³/mol. The normalized spacial score (nSPS) is 20.9. The van der Waals surface area contributed by atoms with Gasteiger partial charge in [-0.15, -0.1) is 0 Å². The van der Waals surface area contributed by atoms with Crippen LogP contribution in [0.2, 0.25) is 0 Å². The van der Waals surface area contributed by atoms with E-state index in [0.29, 0.717) is 11.1 Å². The van der Waals surface area contributed by atoms with Crippen LogP contribution in [0, 0.1) is 19.8 Å². The van der Waals surface area contributed by atoms with Gasteiger partial charge in [-0.05, 0) is 30.9 Å². The zero-order valence-corrected chi connectivity index (χ0v) is 11.7. The molecular weight excluding hydrogens is 244 g/mol. The zero-order chi connectivity index (χ0) is 14.3. The Morgan fingerprint density at radius 3 is 2.58 bits per heavy atom. The van der Waals surface area contributed by atoms with Crippen molar-refractivity contribution in [2.45, 2.75) is 46.3 Å². The Morgan fingerprint density at radius 2 is 2.00 bits per heavy atom. The fourth-order valence-electron chi connectivity index (χ4n) is 2.58. The van der Waals surface area contributed by atoms with Crippen LogP contribution < -0.4 is 0 Å². The highest BCUT2D eigenvalue weighted by Gasteiger charge is 2.41. The van der Waals surface area contributed by atoms with Crippen molar-refractivity contribution in [1.82, 2.24) is 0 Å². The van der Waals surface area contributed by atoms with E-state index >= 15 is 0 Å². The lowest BCUT2D eigenvalue weighted by molar-refractivity contribution is -0.0303. The fraction of sp³-hybridized carbons (Fsp3) is 0.533. The number of aromatic hydroxyl groups is 1. The monoisotopic (exact) mass is 264 g/mol. The molecule has 1 aromatic rings. The van der Waals surface area contributed by atoms with Gasteiger partial charge in [0, 0.05) is 5.56 Å². The van der Waals surface area contributed by atoms with Gasteiger partial charge in [0.1, 0.15) is 11.3 Å². The predicted octanol–water partition coefficient (Wildman–Crippen LogP) is 2.63. The summed E-state index contributed by atoms with van der Waals surface area (Å²) in [7, 11) is 0. The summed E-state index contributed by atoms with van der Waals surface area (Å²) >= 11 is 0. The molecule has 0 aliphatic carbocycles. The summed E-state index contributed by atoms with van der Waals surface area (Å²) in [4.78, 5) is 11.9. The van der Waals surface area contributed by atoms with E-state index in [1.54, 1.807) is 6.92 Å². The second-order valence-corrected chi connectivity index (χ2v) is 5.35. The third-order valence-corrected chi connectivity index (χ3v) is 4.00. The minimum atomic E-state index is -0.754. The van der Waals surface area contributed by atoms with Crippen LogP contribution in [0.1, 0.15) is 53.4 Å². The van der Waals surface area contributed by atoms with Gasteiger partial charge in [-0.25, -0.2) is 4.79 Å². The first kappa shape index (κ1) is 13.9. The van der Waals surface area contributed by atoms with E-state index in [1.165, 1.54) is 0 Å². The number of esters is 1. The van der Waals surface area contributed by atoms with Gasteiger partial charge in [-0.2, -0.15) is 0 Å². The first-order valence-corrected chi connectivity index (χ1v) is 6.60. The largest absolute Gasteiger partial charge is 0.507 e. The second-order valence-electron chi connectivity index (χ2n) is 5.35. The van der Waals surface area contributed by atoms with E-state index in [2.05, 4.69) is 0 Å². The van der Waals surface area contributed by atoms with Crippen LogP contribution in [-0.2, 0) is 4.74 Å². The van der Waals surface area contributed by atoms with E-state index in [-0.39, 0.29) is 17.2 Å². The number of aliphatic hydroxyl groups excluding tert-OH is 1. The maximum atomic E-state index is 11.9. The highest BCUT2D eigenvalue weighted by Crippen LogP contribution is 2.43. The minimum Gasteiger partial charge on any atom is -0.507 e. The van der Waals surface area contributed by atoms with Crippen molar-refractivity contribution < 1.29 is 19.7 Å². The number of fused-ring (bicyclic) bond motifs is 1. The number of carbonyl (C=O) groups excluding carboxylic acids is 1. The van der Waals surface area contributed by atoms with Gasteiger partial charge in [-0.3, -0.25) is 0 Å². The molecule has 1 aliphatic rings. The van der Waals surface area contributed by atoms with Gasteiger partial charge in [0.05, 0.1) is 6.10 Å². The molecule has 0 spiro atoms. The van der Waals surface area contributed by atoms with Crippen LogP contribution in [0.25, 0.3) is 0 Å². The molecule has 2 N–H and O–H groups in total. The number of aryl methyl sites for hydroxylation is 2. The lowest BCUT2D eigenvalue weighted by Gasteiger charge is -2.24. The Kier molecular flexibility index (Phi) is 3.54. The lowest BCUT2D eigenvalue weighted by Crippen LogP contribution is -2.26. The van der Waals surface area contributed by atoms with Crippen LogP contribution in [0.5, 0.6) is 5.75 Å². The maximum Gasteiger partial charge on any atom is 0.343 e. The van der Waals surface area contributed by atoms with Crippen molar-refractivity contribution in [3.05, 3.63) is 28.3 Å². The number of cyclic esters (lactones) is 1. The molecule has 0 radical (unpaired) electrons. The number of aliphatic hydroxyl groups is 1. The highest BCUT2D eigenvalue weighted by molar-refractivity contribution is 5.98. The van der Waals surface area contributed by atoms with Crippen molar-refractivity contribution in [2.24, 2.45) is 5.92 Å². The molecule has 2 rings (SSSR count). The Morgan fingerprint density at radius 1 is 1.37 bits per heavy atom. The van der Waals surface area contributed by atoms with Gasteiger partial charge in [0.15, 0.2) is 6.10 Å². The van der Waals surface area contributed by atoms with Crippen molar-refractivity contribution in [3.63, 3.8) is 0 Å².